The molecule has 150 valence electrons. The molecular formula is C26H21ClFNO. The summed E-state index contributed by atoms with van der Waals surface area (Å²) >= 11 is 6.30. The fourth-order valence-electron chi connectivity index (χ4n) is 4.41. The molecule has 2 heterocycles. The Bertz CT molecular complexity index is 1260. The highest BCUT2D eigenvalue weighted by atomic mass is 35.5. The van der Waals surface area contributed by atoms with E-state index in [0.29, 0.717) is 10.8 Å². The number of benzene rings is 3. The molecule has 0 fully saturated rings. The summed E-state index contributed by atoms with van der Waals surface area (Å²) in [6, 6.07) is 16.4. The number of anilines is 1. The van der Waals surface area contributed by atoms with Gasteiger partial charge >= 0.3 is 0 Å². The molecule has 0 bridgehead atoms. The highest BCUT2D eigenvalue weighted by Crippen LogP contribution is 2.49. The van der Waals surface area contributed by atoms with Crippen molar-refractivity contribution >= 4 is 34.7 Å². The number of hydrogen-bond acceptors (Lipinski definition) is 2. The van der Waals surface area contributed by atoms with Crippen molar-refractivity contribution in [1.29, 1.82) is 0 Å². The lowest BCUT2D eigenvalue weighted by Gasteiger charge is -2.35. The van der Waals surface area contributed by atoms with Gasteiger partial charge in [0.05, 0.1) is 5.54 Å². The number of fused-ring (bicyclic) bond motifs is 5. The normalized spacial score (nSPS) is 17.2. The van der Waals surface area contributed by atoms with Crippen LogP contribution in [0, 0.1) is 5.82 Å². The van der Waals surface area contributed by atoms with Gasteiger partial charge in [0, 0.05) is 27.4 Å². The van der Waals surface area contributed by atoms with Gasteiger partial charge in [-0.2, -0.15) is 0 Å². The summed E-state index contributed by atoms with van der Waals surface area (Å²) in [4.78, 5) is 0. The number of nitrogens with one attached hydrogen (secondary N) is 1. The molecule has 2 aliphatic heterocycles. The van der Waals surface area contributed by atoms with E-state index in [1.807, 2.05) is 30.3 Å². The first-order valence-corrected chi connectivity index (χ1v) is 10.3. The van der Waals surface area contributed by atoms with Gasteiger partial charge in [-0.15, -0.1) is 0 Å². The lowest BCUT2D eigenvalue weighted by molar-refractivity contribution is 0.514. The summed E-state index contributed by atoms with van der Waals surface area (Å²) in [6.07, 6.45) is 4.12. The first-order chi connectivity index (χ1) is 14.3. The zero-order valence-electron chi connectivity index (χ0n) is 17.0. The maximum absolute atomic E-state index is 13.8. The van der Waals surface area contributed by atoms with Gasteiger partial charge in [0.25, 0.3) is 0 Å². The molecule has 0 unspecified atom stereocenters. The fourth-order valence-corrected chi connectivity index (χ4v) is 4.59. The summed E-state index contributed by atoms with van der Waals surface area (Å²) in [6.45, 7) is 6.41. The molecule has 0 atom stereocenters. The van der Waals surface area contributed by atoms with Crippen LogP contribution in [-0.2, 0) is 0 Å². The second-order valence-corrected chi connectivity index (χ2v) is 8.83. The average molecular weight is 418 g/mol. The summed E-state index contributed by atoms with van der Waals surface area (Å²) < 4.78 is 20.2. The van der Waals surface area contributed by atoms with Gasteiger partial charge in [0.1, 0.15) is 17.3 Å². The molecule has 2 nitrogen and oxygen atoms in total. The first-order valence-electron chi connectivity index (χ1n) is 9.91. The lowest BCUT2D eigenvalue weighted by Crippen LogP contribution is -2.32. The number of rotatable bonds is 1. The molecule has 1 N–H and O–H groups in total. The number of allylic oxidation sites excluding steroid dienone is 1. The van der Waals surface area contributed by atoms with Crippen molar-refractivity contribution < 1.29 is 9.13 Å². The molecule has 3 aromatic rings. The van der Waals surface area contributed by atoms with Gasteiger partial charge in [-0.1, -0.05) is 35.9 Å². The topological polar surface area (TPSA) is 21.3 Å². The van der Waals surface area contributed by atoms with Crippen LogP contribution in [0.4, 0.5) is 10.1 Å². The highest BCUT2D eigenvalue weighted by molar-refractivity contribution is 6.31. The van der Waals surface area contributed by atoms with Crippen molar-refractivity contribution in [3.63, 3.8) is 0 Å². The molecule has 0 radical (unpaired) electrons. The summed E-state index contributed by atoms with van der Waals surface area (Å²) in [5.74, 6) is 1.15. The molecule has 0 spiro atoms. The predicted octanol–water partition coefficient (Wildman–Crippen LogP) is 7.64. The molecule has 0 aliphatic carbocycles. The number of hydrogen-bond donors (Lipinski definition) is 1. The summed E-state index contributed by atoms with van der Waals surface area (Å²) in [5, 5.41) is 4.26. The van der Waals surface area contributed by atoms with Crippen LogP contribution in [0.15, 0.2) is 60.7 Å². The van der Waals surface area contributed by atoms with Gasteiger partial charge in [-0.3, -0.25) is 0 Å². The van der Waals surface area contributed by atoms with Crippen molar-refractivity contribution in [2.45, 2.75) is 26.3 Å². The van der Waals surface area contributed by atoms with Crippen LogP contribution in [0.25, 0.3) is 28.5 Å². The van der Waals surface area contributed by atoms with E-state index in [-0.39, 0.29) is 11.4 Å². The van der Waals surface area contributed by atoms with Crippen LogP contribution in [0.2, 0.25) is 5.02 Å². The Morgan fingerprint density at radius 1 is 1.00 bits per heavy atom. The average Bonchev–Trinajstić information content (AvgIpc) is 2.67. The third-order valence-electron chi connectivity index (χ3n) is 5.48. The Balaban J connectivity index is 1.81. The summed E-state index contributed by atoms with van der Waals surface area (Å²) in [7, 11) is 0. The second kappa shape index (κ2) is 6.75. The minimum atomic E-state index is -0.276. The molecule has 5 rings (SSSR count). The molecule has 30 heavy (non-hydrogen) atoms. The van der Waals surface area contributed by atoms with E-state index in [9.17, 15) is 4.39 Å². The monoisotopic (exact) mass is 417 g/mol. The van der Waals surface area contributed by atoms with Gasteiger partial charge < -0.3 is 10.1 Å². The van der Waals surface area contributed by atoms with Crippen LogP contribution in [0.5, 0.6) is 5.75 Å². The van der Waals surface area contributed by atoms with Crippen molar-refractivity contribution in [2.75, 3.05) is 5.32 Å². The minimum absolute atomic E-state index is 0.144. The predicted molar refractivity (Wildman–Crippen MR) is 123 cm³/mol. The maximum atomic E-state index is 13.8. The Hall–Kier alpha value is -3.04. The van der Waals surface area contributed by atoms with E-state index in [0.717, 1.165) is 39.3 Å². The molecule has 3 aromatic carbocycles. The van der Waals surface area contributed by atoms with Gasteiger partial charge in [0.15, 0.2) is 0 Å². The molecule has 0 amide bonds. The van der Waals surface area contributed by atoms with Crippen LogP contribution < -0.4 is 10.1 Å². The van der Waals surface area contributed by atoms with Gasteiger partial charge in [-0.05, 0) is 79.9 Å². The van der Waals surface area contributed by atoms with E-state index in [1.165, 1.54) is 17.7 Å². The lowest BCUT2D eigenvalue weighted by atomic mass is 9.83. The van der Waals surface area contributed by atoms with E-state index in [1.54, 1.807) is 6.07 Å². The molecule has 0 saturated carbocycles. The van der Waals surface area contributed by atoms with Crippen molar-refractivity contribution in [2.24, 2.45) is 0 Å². The van der Waals surface area contributed by atoms with Crippen LogP contribution in [0.3, 0.4) is 0 Å². The maximum Gasteiger partial charge on any atom is 0.136 e. The van der Waals surface area contributed by atoms with E-state index in [4.69, 9.17) is 16.3 Å². The largest absolute Gasteiger partial charge is 0.456 e. The third kappa shape index (κ3) is 3.20. The van der Waals surface area contributed by atoms with Gasteiger partial charge in [0.2, 0.25) is 0 Å². The standard InChI is InChI=1S/C26H21ClFNO/c1-15-14-26(2,3)29-21-9-8-19-20-13-17(27)7-10-22(20)30-23(25(19)24(15)21)12-16-5-4-6-18(28)11-16/h4-14,29H,1-3H3. The Morgan fingerprint density at radius 2 is 1.83 bits per heavy atom. The minimum Gasteiger partial charge on any atom is -0.456 e. The summed E-state index contributed by atoms with van der Waals surface area (Å²) in [5.41, 5.74) is 6.92. The molecule has 4 heteroatoms. The first kappa shape index (κ1) is 19.0. The molecule has 0 aromatic heterocycles. The van der Waals surface area contributed by atoms with E-state index < -0.39 is 0 Å². The van der Waals surface area contributed by atoms with Gasteiger partial charge in [-0.25, -0.2) is 4.39 Å². The van der Waals surface area contributed by atoms with E-state index in [2.05, 4.69) is 44.3 Å². The quantitative estimate of drug-likeness (QED) is 0.439. The second-order valence-electron chi connectivity index (χ2n) is 8.39. The Kier molecular flexibility index (Phi) is 4.26. The van der Waals surface area contributed by atoms with Crippen LogP contribution in [-0.4, -0.2) is 5.54 Å². The smallest absolute Gasteiger partial charge is 0.136 e. The van der Waals surface area contributed by atoms with Crippen molar-refractivity contribution in [3.05, 3.63) is 88.2 Å². The Morgan fingerprint density at radius 3 is 2.63 bits per heavy atom. The molecular weight excluding hydrogens is 397 g/mol. The van der Waals surface area contributed by atoms with Crippen LogP contribution in [0.1, 0.15) is 37.5 Å². The fraction of sp³-hybridized carbons (Fsp3) is 0.154. The van der Waals surface area contributed by atoms with Crippen LogP contribution >= 0.6 is 11.6 Å². The zero-order chi connectivity index (χ0) is 21.0. The Labute approximate surface area is 180 Å². The molecule has 2 aliphatic rings. The highest BCUT2D eigenvalue weighted by Gasteiger charge is 2.31. The number of halogens is 2. The zero-order valence-corrected chi connectivity index (χ0v) is 17.8. The van der Waals surface area contributed by atoms with E-state index >= 15 is 0 Å². The third-order valence-corrected chi connectivity index (χ3v) is 5.71. The molecule has 0 saturated heterocycles. The SMILES string of the molecule is CC1=CC(C)(C)Nc2ccc3c(c21)C(=Cc1cccc(F)c1)Oc1ccc(Cl)cc1-3. The van der Waals surface area contributed by atoms with Crippen molar-refractivity contribution in [1.82, 2.24) is 0 Å². The van der Waals surface area contributed by atoms with Crippen molar-refractivity contribution in [3.8, 4) is 16.9 Å². The number of ether oxygens (including phenoxy) is 1.